The van der Waals surface area contributed by atoms with E-state index < -0.39 is 0 Å². The van der Waals surface area contributed by atoms with Crippen molar-refractivity contribution in [3.63, 3.8) is 0 Å². The maximum Gasteiger partial charge on any atom is 0.252 e. The molecule has 0 fully saturated rings. The zero-order valence-corrected chi connectivity index (χ0v) is 11.0. The third-order valence-corrected chi connectivity index (χ3v) is 2.46. The number of nitrogens with zero attached hydrogens (tertiary/aromatic N) is 1. The van der Waals surface area contributed by atoms with Crippen molar-refractivity contribution in [2.24, 2.45) is 0 Å². The van der Waals surface area contributed by atoms with Gasteiger partial charge in [0.1, 0.15) is 5.82 Å². The van der Waals surface area contributed by atoms with E-state index in [1.54, 1.807) is 25.4 Å². The number of aromatic nitrogens is 1. The number of carbonyl (C=O) groups excluding carboxylic acids is 1. The van der Waals surface area contributed by atoms with Crippen LogP contribution in [0.5, 0.6) is 0 Å². The maximum atomic E-state index is 11.7. The normalized spacial score (nSPS) is 10.1. The summed E-state index contributed by atoms with van der Waals surface area (Å²) in [5.74, 6) is 0.624. The number of ether oxygens (including phenoxy) is 1. The number of carbonyl (C=O) groups is 1. The summed E-state index contributed by atoms with van der Waals surface area (Å²) in [5.41, 5.74) is 0.558. The predicted molar refractivity (Wildman–Crippen MR) is 71.8 cm³/mol. The van der Waals surface area contributed by atoms with Gasteiger partial charge in [0.05, 0.1) is 12.2 Å². The van der Waals surface area contributed by atoms with E-state index in [4.69, 9.17) is 4.74 Å². The van der Waals surface area contributed by atoms with Crippen LogP contribution in [0.3, 0.4) is 0 Å². The molecule has 0 radical (unpaired) electrons. The third-order valence-electron chi connectivity index (χ3n) is 2.46. The van der Waals surface area contributed by atoms with Crippen LogP contribution in [0.4, 0.5) is 5.82 Å². The molecule has 1 aromatic rings. The van der Waals surface area contributed by atoms with Crippen LogP contribution in [-0.2, 0) is 4.74 Å². The first-order valence-electron chi connectivity index (χ1n) is 6.27. The smallest absolute Gasteiger partial charge is 0.252 e. The lowest BCUT2D eigenvalue weighted by Gasteiger charge is -2.06. The van der Waals surface area contributed by atoms with Crippen molar-refractivity contribution in [2.45, 2.75) is 19.8 Å². The Morgan fingerprint density at radius 1 is 1.39 bits per heavy atom. The Kier molecular flexibility index (Phi) is 6.79. The van der Waals surface area contributed by atoms with Gasteiger partial charge in [0, 0.05) is 26.4 Å². The molecule has 0 aromatic carbocycles. The van der Waals surface area contributed by atoms with Gasteiger partial charge in [-0.3, -0.25) is 4.79 Å². The highest BCUT2D eigenvalue weighted by Gasteiger charge is 2.04. The maximum absolute atomic E-state index is 11.7. The molecule has 5 heteroatoms. The third kappa shape index (κ3) is 5.14. The summed E-state index contributed by atoms with van der Waals surface area (Å²) >= 11 is 0. The summed E-state index contributed by atoms with van der Waals surface area (Å²) in [6.07, 6.45) is 3.73. The fourth-order valence-corrected chi connectivity index (χ4v) is 1.36. The first-order valence-corrected chi connectivity index (χ1v) is 6.27. The Balaban J connectivity index is 2.23. The van der Waals surface area contributed by atoms with Crippen molar-refractivity contribution in [1.82, 2.24) is 10.3 Å². The summed E-state index contributed by atoms with van der Waals surface area (Å²) in [7, 11) is 1.79. The molecule has 5 nitrogen and oxygen atoms in total. The fourth-order valence-electron chi connectivity index (χ4n) is 1.36. The molecule has 0 aliphatic rings. The fraction of sp³-hybridized carbons (Fsp3) is 0.538. The molecule has 0 saturated carbocycles. The second-order valence-electron chi connectivity index (χ2n) is 3.90. The van der Waals surface area contributed by atoms with Crippen molar-refractivity contribution in [3.8, 4) is 0 Å². The standard InChI is InChI=1S/C13H21N3O2/c1-3-4-8-18-9-7-15-13(17)11-5-6-12(14-2)16-10-11/h5-6,10H,3-4,7-9H2,1-2H3,(H,14,16)(H,15,17). The molecule has 1 heterocycles. The first kappa shape index (κ1) is 14.4. The van der Waals surface area contributed by atoms with E-state index in [1.807, 2.05) is 0 Å². The van der Waals surface area contributed by atoms with E-state index in [-0.39, 0.29) is 5.91 Å². The van der Waals surface area contributed by atoms with Crippen molar-refractivity contribution in [2.75, 3.05) is 32.1 Å². The van der Waals surface area contributed by atoms with E-state index >= 15 is 0 Å². The molecular weight excluding hydrogens is 230 g/mol. The van der Waals surface area contributed by atoms with Gasteiger partial charge in [0.15, 0.2) is 0 Å². The van der Waals surface area contributed by atoms with Gasteiger partial charge in [-0.2, -0.15) is 0 Å². The van der Waals surface area contributed by atoms with Crippen molar-refractivity contribution >= 4 is 11.7 Å². The summed E-state index contributed by atoms with van der Waals surface area (Å²) < 4.78 is 5.36. The van der Waals surface area contributed by atoms with Crippen LogP contribution < -0.4 is 10.6 Å². The molecule has 0 aliphatic carbocycles. The van der Waals surface area contributed by atoms with Crippen LogP contribution in [-0.4, -0.2) is 37.7 Å². The zero-order chi connectivity index (χ0) is 13.2. The molecule has 1 amide bonds. The molecule has 2 N–H and O–H groups in total. The quantitative estimate of drug-likeness (QED) is 0.690. The van der Waals surface area contributed by atoms with Crippen LogP contribution in [0, 0.1) is 0 Å². The Morgan fingerprint density at radius 2 is 2.22 bits per heavy atom. The monoisotopic (exact) mass is 251 g/mol. The number of anilines is 1. The van der Waals surface area contributed by atoms with E-state index in [0.717, 1.165) is 25.3 Å². The minimum absolute atomic E-state index is 0.121. The zero-order valence-electron chi connectivity index (χ0n) is 11.0. The molecule has 0 spiro atoms. The minimum atomic E-state index is -0.121. The average molecular weight is 251 g/mol. The number of rotatable bonds is 8. The molecule has 0 saturated heterocycles. The largest absolute Gasteiger partial charge is 0.380 e. The SMILES string of the molecule is CCCCOCCNC(=O)c1ccc(NC)nc1. The Morgan fingerprint density at radius 3 is 2.83 bits per heavy atom. The van der Waals surface area contributed by atoms with E-state index in [1.165, 1.54) is 0 Å². The van der Waals surface area contributed by atoms with Gasteiger partial charge >= 0.3 is 0 Å². The Hall–Kier alpha value is -1.62. The van der Waals surface area contributed by atoms with Crippen LogP contribution >= 0.6 is 0 Å². The van der Waals surface area contributed by atoms with Gasteiger partial charge in [0.25, 0.3) is 5.91 Å². The summed E-state index contributed by atoms with van der Waals surface area (Å²) in [5, 5.41) is 5.69. The number of hydrogen-bond donors (Lipinski definition) is 2. The molecule has 18 heavy (non-hydrogen) atoms. The summed E-state index contributed by atoms with van der Waals surface area (Å²) in [6, 6.07) is 3.51. The van der Waals surface area contributed by atoms with Crippen LogP contribution in [0.1, 0.15) is 30.1 Å². The van der Waals surface area contributed by atoms with Gasteiger partial charge in [-0.05, 0) is 18.6 Å². The molecular formula is C13H21N3O2. The predicted octanol–water partition coefficient (Wildman–Crippen LogP) is 1.67. The number of unbranched alkanes of at least 4 members (excludes halogenated alkanes) is 1. The lowest BCUT2D eigenvalue weighted by molar-refractivity contribution is 0.0912. The Bertz CT molecular complexity index is 352. The molecule has 0 atom stereocenters. The molecule has 0 aliphatic heterocycles. The lowest BCUT2D eigenvalue weighted by Crippen LogP contribution is -2.27. The highest BCUT2D eigenvalue weighted by Crippen LogP contribution is 2.03. The van der Waals surface area contributed by atoms with Gasteiger partial charge in [0.2, 0.25) is 0 Å². The van der Waals surface area contributed by atoms with E-state index in [0.29, 0.717) is 18.7 Å². The van der Waals surface area contributed by atoms with Crippen molar-refractivity contribution < 1.29 is 9.53 Å². The van der Waals surface area contributed by atoms with Crippen molar-refractivity contribution in [3.05, 3.63) is 23.9 Å². The first-order chi connectivity index (χ1) is 8.77. The highest BCUT2D eigenvalue weighted by atomic mass is 16.5. The molecule has 100 valence electrons. The minimum Gasteiger partial charge on any atom is -0.380 e. The van der Waals surface area contributed by atoms with Crippen LogP contribution in [0.15, 0.2) is 18.3 Å². The molecule has 0 bridgehead atoms. The second-order valence-corrected chi connectivity index (χ2v) is 3.90. The van der Waals surface area contributed by atoms with Gasteiger partial charge in [-0.1, -0.05) is 13.3 Å². The average Bonchev–Trinajstić information content (AvgIpc) is 2.42. The second kappa shape index (κ2) is 8.47. The van der Waals surface area contributed by atoms with Gasteiger partial charge in [-0.15, -0.1) is 0 Å². The van der Waals surface area contributed by atoms with Crippen LogP contribution in [0.25, 0.3) is 0 Å². The van der Waals surface area contributed by atoms with Gasteiger partial charge < -0.3 is 15.4 Å². The lowest BCUT2D eigenvalue weighted by atomic mass is 10.2. The number of nitrogens with one attached hydrogen (secondary N) is 2. The number of pyridine rings is 1. The van der Waals surface area contributed by atoms with E-state index in [9.17, 15) is 4.79 Å². The van der Waals surface area contributed by atoms with Crippen molar-refractivity contribution in [1.29, 1.82) is 0 Å². The summed E-state index contributed by atoms with van der Waals surface area (Å²) in [6.45, 7) is 3.95. The summed E-state index contributed by atoms with van der Waals surface area (Å²) in [4.78, 5) is 15.8. The van der Waals surface area contributed by atoms with Crippen LogP contribution in [0.2, 0.25) is 0 Å². The van der Waals surface area contributed by atoms with E-state index in [2.05, 4.69) is 22.5 Å². The topological polar surface area (TPSA) is 63.2 Å². The number of amides is 1. The highest BCUT2D eigenvalue weighted by molar-refractivity contribution is 5.94. The van der Waals surface area contributed by atoms with Gasteiger partial charge in [-0.25, -0.2) is 4.98 Å². The molecule has 1 aromatic heterocycles. The number of hydrogen-bond acceptors (Lipinski definition) is 4. The Labute approximate surface area is 108 Å². The molecule has 1 rings (SSSR count). The molecule has 0 unspecified atom stereocenters.